The van der Waals surface area contributed by atoms with E-state index in [1.807, 2.05) is 37.4 Å². The molecular weight excluding hydrogens is 244 g/mol. The zero-order chi connectivity index (χ0) is 13.7. The van der Waals surface area contributed by atoms with Gasteiger partial charge in [-0.3, -0.25) is 4.79 Å². The van der Waals surface area contributed by atoms with Crippen molar-refractivity contribution in [2.75, 3.05) is 26.9 Å². The number of rotatable bonds is 5. The Kier molecular flexibility index (Phi) is 4.90. The zero-order valence-electron chi connectivity index (χ0n) is 11.0. The lowest BCUT2D eigenvalue weighted by molar-refractivity contribution is -0.126. The van der Waals surface area contributed by atoms with Gasteiger partial charge >= 0.3 is 0 Å². The first-order valence-electron chi connectivity index (χ1n) is 6.47. The van der Waals surface area contributed by atoms with Crippen molar-refractivity contribution in [1.82, 2.24) is 10.6 Å². The summed E-state index contributed by atoms with van der Waals surface area (Å²) in [4.78, 5) is 12.2. The van der Waals surface area contributed by atoms with Gasteiger partial charge in [-0.1, -0.05) is 30.3 Å². The van der Waals surface area contributed by atoms with E-state index < -0.39 is 0 Å². The van der Waals surface area contributed by atoms with Crippen LogP contribution < -0.4 is 10.6 Å². The summed E-state index contributed by atoms with van der Waals surface area (Å²) in [5, 5.41) is 15.4. The standard InChI is InChI=1S/C14H20N2O3/c1-15-13-9-19-8-11(13)14(18)16-12(7-17)10-5-3-2-4-6-10/h2-6,11-13,15,17H,7-9H2,1H3,(H,16,18). The van der Waals surface area contributed by atoms with E-state index in [4.69, 9.17) is 4.74 Å². The zero-order valence-corrected chi connectivity index (χ0v) is 11.0. The smallest absolute Gasteiger partial charge is 0.227 e. The number of aliphatic hydroxyl groups excluding tert-OH is 1. The Morgan fingerprint density at radius 2 is 2.16 bits per heavy atom. The minimum Gasteiger partial charge on any atom is -0.394 e. The Balaban J connectivity index is 2.00. The van der Waals surface area contributed by atoms with Crippen LogP contribution >= 0.6 is 0 Å². The molecule has 1 aromatic rings. The van der Waals surface area contributed by atoms with Crippen LogP contribution in [0.2, 0.25) is 0 Å². The van der Waals surface area contributed by atoms with Gasteiger partial charge in [-0.05, 0) is 12.6 Å². The van der Waals surface area contributed by atoms with Crippen LogP contribution in [0, 0.1) is 5.92 Å². The lowest BCUT2D eigenvalue weighted by Gasteiger charge is -2.21. The van der Waals surface area contributed by atoms with Crippen LogP contribution in [-0.2, 0) is 9.53 Å². The first kappa shape index (κ1) is 14.0. The van der Waals surface area contributed by atoms with Crippen LogP contribution in [0.5, 0.6) is 0 Å². The molecule has 1 amide bonds. The highest BCUT2D eigenvalue weighted by atomic mass is 16.5. The number of hydrogen-bond donors (Lipinski definition) is 3. The fourth-order valence-electron chi connectivity index (χ4n) is 2.30. The molecule has 0 aromatic heterocycles. The van der Waals surface area contributed by atoms with Crippen LogP contribution in [0.15, 0.2) is 30.3 Å². The highest BCUT2D eigenvalue weighted by Gasteiger charge is 2.33. The van der Waals surface area contributed by atoms with Crippen molar-refractivity contribution in [3.8, 4) is 0 Å². The molecule has 0 radical (unpaired) electrons. The van der Waals surface area contributed by atoms with E-state index >= 15 is 0 Å². The van der Waals surface area contributed by atoms with Crippen LogP contribution in [0.1, 0.15) is 11.6 Å². The highest BCUT2D eigenvalue weighted by molar-refractivity contribution is 5.80. The van der Waals surface area contributed by atoms with Crippen LogP contribution in [0.25, 0.3) is 0 Å². The molecule has 1 saturated heterocycles. The summed E-state index contributed by atoms with van der Waals surface area (Å²) in [5.41, 5.74) is 0.901. The Morgan fingerprint density at radius 1 is 1.42 bits per heavy atom. The van der Waals surface area contributed by atoms with Crippen molar-refractivity contribution in [3.05, 3.63) is 35.9 Å². The van der Waals surface area contributed by atoms with Crippen LogP contribution in [-0.4, -0.2) is 43.9 Å². The van der Waals surface area contributed by atoms with E-state index in [0.717, 1.165) is 5.56 Å². The minimum atomic E-state index is -0.369. The molecule has 1 aliphatic rings. The number of ether oxygens (including phenoxy) is 1. The van der Waals surface area contributed by atoms with Crippen molar-refractivity contribution >= 4 is 5.91 Å². The van der Waals surface area contributed by atoms with Crippen LogP contribution in [0.3, 0.4) is 0 Å². The van der Waals surface area contributed by atoms with Crippen molar-refractivity contribution in [2.24, 2.45) is 5.92 Å². The van der Waals surface area contributed by atoms with Gasteiger partial charge in [0, 0.05) is 6.04 Å². The molecule has 1 aliphatic heterocycles. The van der Waals surface area contributed by atoms with Crippen molar-refractivity contribution in [3.63, 3.8) is 0 Å². The first-order chi connectivity index (χ1) is 9.26. The van der Waals surface area contributed by atoms with E-state index in [-0.39, 0.29) is 30.5 Å². The third-order valence-corrected chi connectivity index (χ3v) is 3.49. The minimum absolute atomic E-state index is 0.0371. The number of carbonyl (C=O) groups excluding carboxylic acids is 1. The normalized spacial score (nSPS) is 24.1. The number of nitrogens with one attached hydrogen (secondary N) is 2. The van der Waals surface area contributed by atoms with E-state index in [0.29, 0.717) is 13.2 Å². The van der Waals surface area contributed by atoms with Crippen LogP contribution in [0.4, 0.5) is 0 Å². The monoisotopic (exact) mass is 264 g/mol. The summed E-state index contributed by atoms with van der Waals surface area (Å²) < 4.78 is 5.32. The molecule has 5 nitrogen and oxygen atoms in total. The third-order valence-electron chi connectivity index (χ3n) is 3.49. The predicted octanol–water partition coefficient (Wildman–Crippen LogP) is 0.0706. The molecule has 0 bridgehead atoms. The summed E-state index contributed by atoms with van der Waals surface area (Å²) in [6.07, 6.45) is 0. The maximum absolute atomic E-state index is 12.2. The predicted molar refractivity (Wildman–Crippen MR) is 71.6 cm³/mol. The molecule has 0 spiro atoms. The summed E-state index contributed by atoms with van der Waals surface area (Å²) in [6.45, 7) is 0.849. The Bertz CT molecular complexity index is 410. The molecule has 2 rings (SSSR count). The molecule has 19 heavy (non-hydrogen) atoms. The lowest BCUT2D eigenvalue weighted by atomic mass is 10.0. The fraction of sp³-hybridized carbons (Fsp3) is 0.500. The summed E-state index contributed by atoms with van der Waals surface area (Å²) in [6, 6.07) is 9.13. The molecule has 104 valence electrons. The molecule has 1 aromatic carbocycles. The number of likely N-dealkylation sites (N-methyl/N-ethyl adjacent to an activating group) is 1. The first-order valence-corrected chi connectivity index (χ1v) is 6.47. The van der Waals surface area contributed by atoms with Gasteiger partial charge in [0.2, 0.25) is 5.91 Å². The largest absolute Gasteiger partial charge is 0.394 e. The summed E-state index contributed by atoms with van der Waals surface area (Å²) in [7, 11) is 1.82. The third kappa shape index (κ3) is 3.32. The van der Waals surface area contributed by atoms with Crippen molar-refractivity contribution in [1.29, 1.82) is 0 Å². The maximum atomic E-state index is 12.2. The topological polar surface area (TPSA) is 70.6 Å². The number of carbonyl (C=O) groups is 1. The van der Waals surface area contributed by atoms with Gasteiger partial charge in [-0.2, -0.15) is 0 Å². The number of hydrogen-bond acceptors (Lipinski definition) is 4. The Hall–Kier alpha value is -1.43. The quantitative estimate of drug-likeness (QED) is 0.704. The molecule has 5 heteroatoms. The van der Waals surface area contributed by atoms with E-state index in [1.165, 1.54) is 0 Å². The Labute approximate surface area is 113 Å². The maximum Gasteiger partial charge on any atom is 0.227 e. The van der Waals surface area contributed by atoms with E-state index in [2.05, 4.69) is 10.6 Å². The average molecular weight is 264 g/mol. The molecule has 3 unspecified atom stereocenters. The number of aliphatic hydroxyl groups is 1. The van der Waals surface area contributed by atoms with Crippen molar-refractivity contribution < 1.29 is 14.6 Å². The van der Waals surface area contributed by atoms with Gasteiger partial charge in [-0.25, -0.2) is 0 Å². The van der Waals surface area contributed by atoms with Gasteiger partial charge < -0.3 is 20.5 Å². The second-order valence-corrected chi connectivity index (χ2v) is 4.69. The van der Waals surface area contributed by atoms with Gasteiger partial charge in [0.15, 0.2) is 0 Å². The van der Waals surface area contributed by atoms with E-state index in [1.54, 1.807) is 0 Å². The number of amides is 1. The lowest BCUT2D eigenvalue weighted by Crippen LogP contribution is -2.44. The van der Waals surface area contributed by atoms with Gasteiger partial charge in [0.05, 0.1) is 31.8 Å². The van der Waals surface area contributed by atoms with Gasteiger partial charge in [0.25, 0.3) is 0 Å². The van der Waals surface area contributed by atoms with Crippen molar-refractivity contribution in [2.45, 2.75) is 12.1 Å². The fourth-order valence-corrected chi connectivity index (χ4v) is 2.30. The second kappa shape index (κ2) is 6.65. The van der Waals surface area contributed by atoms with E-state index in [9.17, 15) is 9.90 Å². The molecule has 3 atom stereocenters. The Morgan fingerprint density at radius 3 is 2.79 bits per heavy atom. The summed E-state index contributed by atoms with van der Waals surface area (Å²) >= 11 is 0. The van der Waals surface area contributed by atoms with Gasteiger partial charge in [-0.15, -0.1) is 0 Å². The molecule has 3 N–H and O–H groups in total. The SMILES string of the molecule is CNC1COCC1C(=O)NC(CO)c1ccccc1. The second-order valence-electron chi connectivity index (χ2n) is 4.69. The molecule has 1 heterocycles. The number of benzene rings is 1. The summed E-state index contributed by atoms with van der Waals surface area (Å²) in [5.74, 6) is -0.289. The molecular formula is C14H20N2O3. The molecule has 1 fully saturated rings. The molecule has 0 aliphatic carbocycles. The van der Waals surface area contributed by atoms with Gasteiger partial charge in [0.1, 0.15) is 0 Å². The average Bonchev–Trinajstić information content (AvgIpc) is 2.94. The highest BCUT2D eigenvalue weighted by Crippen LogP contribution is 2.17. The molecule has 0 saturated carbocycles.